The van der Waals surface area contributed by atoms with E-state index in [0.717, 1.165) is 16.2 Å². The third-order valence-electron chi connectivity index (χ3n) is 2.47. The van der Waals surface area contributed by atoms with E-state index in [1.54, 1.807) is 11.8 Å². The van der Waals surface area contributed by atoms with E-state index in [9.17, 15) is 0 Å². The van der Waals surface area contributed by atoms with Gasteiger partial charge in [0.05, 0.1) is 0 Å². The minimum Gasteiger partial charge on any atom is -0.282 e. The third kappa shape index (κ3) is 3.08. The van der Waals surface area contributed by atoms with Crippen molar-refractivity contribution >= 4 is 22.6 Å². The highest BCUT2D eigenvalue weighted by molar-refractivity contribution is 8.13. The van der Waals surface area contributed by atoms with Gasteiger partial charge in [-0.05, 0) is 6.26 Å². The quantitative estimate of drug-likeness (QED) is 0.642. The summed E-state index contributed by atoms with van der Waals surface area (Å²) in [4.78, 5) is 4.40. The van der Waals surface area contributed by atoms with Crippen molar-refractivity contribution in [2.24, 2.45) is 4.99 Å². The predicted molar refractivity (Wildman–Crippen MR) is 79.8 cm³/mol. The van der Waals surface area contributed by atoms with E-state index in [2.05, 4.69) is 4.99 Å². The summed E-state index contributed by atoms with van der Waals surface area (Å²) >= 11 is 1.56. The fraction of sp³-hybridized carbons (Fsp3) is 0.0667. The van der Waals surface area contributed by atoms with Gasteiger partial charge in [-0.25, -0.2) is 4.99 Å². The summed E-state index contributed by atoms with van der Waals surface area (Å²) in [7, 11) is 0. The Balaban J connectivity index is 2.29. The lowest BCUT2D eigenvalue weighted by atomic mass is 10.2. The monoisotopic (exact) mass is 254 g/mol. The molecule has 0 atom stereocenters. The van der Waals surface area contributed by atoms with Crippen molar-refractivity contribution in [3.05, 3.63) is 71.8 Å². The summed E-state index contributed by atoms with van der Waals surface area (Å²) in [5.74, 6) is 0.295. The molecule has 90 valence electrons. The molecule has 1 N–H and O–H groups in total. The highest BCUT2D eigenvalue weighted by Gasteiger charge is 2.04. The number of nitrogens with zero attached hydrogens (tertiary/aromatic N) is 1. The van der Waals surface area contributed by atoms with Gasteiger partial charge in [0, 0.05) is 11.1 Å². The summed E-state index contributed by atoms with van der Waals surface area (Å²) in [6.07, 6.45) is 1.98. The molecule has 0 heterocycles. The molecule has 2 aromatic rings. The fourth-order valence-corrected chi connectivity index (χ4v) is 2.13. The topological polar surface area (TPSA) is 36.2 Å². The maximum absolute atomic E-state index is 8.01. The first-order chi connectivity index (χ1) is 8.81. The molecule has 18 heavy (non-hydrogen) atoms. The molecule has 0 aliphatic carbocycles. The second kappa shape index (κ2) is 6.17. The summed E-state index contributed by atoms with van der Waals surface area (Å²) < 4.78 is 0. The average Bonchev–Trinajstić information content (AvgIpc) is 2.46. The van der Waals surface area contributed by atoms with Gasteiger partial charge in [0.25, 0.3) is 0 Å². The highest BCUT2D eigenvalue weighted by Crippen LogP contribution is 2.12. The van der Waals surface area contributed by atoms with Gasteiger partial charge in [-0.15, -0.1) is 11.8 Å². The minimum atomic E-state index is 0.295. The Morgan fingerprint density at radius 3 is 1.89 bits per heavy atom. The predicted octanol–water partition coefficient (Wildman–Crippen LogP) is 3.82. The first-order valence-electron chi connectivity index (χ1n) is 5.63. The number of amidine groups is 1. The van der Waals surface area contributed by atoms with E-state index in [1.165, 1.54) is 0 Å². The molecule has 0 radical (unpaired) electrons. The van der Waals surface area contributed by atoms with Gasteiger partial charge in [-0.2, -0.15) is 0 Å². The van der Waals surface area contributed by atoms with Gasteiger partial charge in [0.2, 0.25) is 0 Å². The van der Waals surface area contributed by atoms with E-state index >= 15 is 0 Å². The lowest BCUT2D eigenvalue weighted by Gasteiger charge is -2.04. The maximum atomic E-state index is 8.01. The second-order valence-electron chi connectivity index (χ2n) is 3.70. The molecule has 3 heteroatoms. The molecule has 0 aromatic heterocycles. The van der Waals surface area contributed by atoms with E-state index < -0.39 is 0 Å². The molecule has 0 spiro atoms. The third-order valence-corrected chi connectivity index (χ3v) is 3.19. The zero-order valence-electron chi connectivity index (χ0n) is 10.1. The van der Waals surface area contributed by atoms with Gasteiger partial charge in [0.15, 0.2) is 5.84 Å². The van der Waals surface area contributed by atoms with E-state index in [1.807, 2.05) is 66.9 Å². The number of hydrogen-bond donors (Lipinski definition) is 1. The SMILES string of the molecule is CSC(=NC(=N)c1ccccc1)c1ccccc1. The number of nitrogens with one attached hydrogen (secondary N) is 1. The van der Waals surface area contributed by atoms with E-state index in [0.29, 0.717) is 5.84 Å². The molecule has 0 aliphatic heterocycles. The van der Waals surface area contributed by atoms with Crippen LogP contribution in [0, 0.1) is 5.41 Å². The van der Waals surface area contributed by atoms with Gasteiger partial charge in [-0.3, -0.25) is 5.41 Å². The Morgan fingerprint density at radius 1 is 0.889 bits per heavy atom. The Hall–Kier alpha value is -1.87. The van der Waals surface area contributed by atoms with Gasteiger partial charge in [-0.1, -0.05) is 60.7 Å². The van der Waals surface area contributed by atoms with Crippen LogP contribution in [0.2, 0.25) is 0 Å². The summed E-state index contributed by atoms with van der Waals surface area (Å²) in [5, 5.41) is 8.88. The standard InChI is InChI=1S/C15H14N2S/c1-18-15(13-10-6-3-7-11-13)17-14(16)12-8-4-2-5-9-12/h2-11,16H,1H3. The highest BCUT2D eigenvalue weighted by atomic mass is 32.2. The molecule has 0 bridgehead atoms. The smallest absolute Gasteiger partial charge is 0.153 e. The molecule has 0 fully saturated rings. The molecule has 0 unspecified atom stereocenters. The molecular weight excluding hydrogens is 240 g/mol. The van der Waals surface area contributed by atoms with Crippen LogP contribution >= 0.6 is 11.8 Å². The summed E-state index contributed by atoms with van der Waals surface area (Å²) in [6, 6.07) is 19.5. The molecule has 0 amide bonds. The van der Waals surface area contributed by atoms with Crippen molar-refractivity contribution in [3.8, 4) is 0 Å². The van der Waals surface area contributed by atoms with Crippen LogP contribution < -0.4 is 0 Å². The van der Waals surface area contributed by atoms with Crippen LogP contribution in [-0.2, 0) is 0 Å². The molecule has 2 nitrogen and oxygen atoms in total. The van der Waals surface area contributed by atoms with E-state index in [4.69, 9.17) is 5.41 Å². The number of aliphatic imine (C=N–C) groups is 1. The molecule has 2 rings (SSSR count). The van der Waals surface area contributed by atoms with Crippen molar-refractivity contribution in [1.82, 2.24) is 0 Å². The Bertz CT molecular complexity index is 547. The number of rotatable bonds is 2. The molecular formula is C15H14N2S. The van der Waals surface area contributed by atoms with Crippen molar-refractivity contribution in [2.75, 3.05) is 6.26 Å². The Kier molecular flexibility index (Phi) is 4.31. The second-order valence-corrected chi connectivity index (χ2v) is 4.50. The van der Waals surface area contributed by atoms with E-state index in [-0.39, 0.29) is 0 Å². The summed E-state index contributed by atoms with van der Waals surface area (Å²) in [6.45, 7) is 0. The van der Waals surface area contributed by atoms with Crippen molar-refractivity contribution in [3.63, 3.8) is 0 Å². The van der Waals surface area contributed by atoms with Gasteiger partial charge in [0.1, 0.15) is 5.04 Å². The number of benzene rings is 2. The first kappa shape index (κ1) is 12.6. The van der Waals surface area contributed by atoms with Crippen LogP contribution in [0.3, 0.4) is 0 Å². The molecule has 0 aliphatic rings. The van der Waals surface area contributed by atoms with Gasteiger partial charge >= 0.3 is 0 Å². The first-order valence-corrected chi connectivity index (χ1v) is 6.86. The fourth-order valence-electron chi connectivity index (χ4n) is 1.57. The Morgan fingerprint density at radius 2 is 1.39 bits per heavy atom. The van der Waals surface area contributed by atoms with Crippen molar-refractivity contribution < 1.29 is 0 Å². The van der Waals surface area contributed by atoms with Crippen LogP contribution in [0.1, 0.15) is 11.1 Å². The number of thioether (sulfide) groups is 1. The summed E-state index contributed by atoms with van der Waals surface area (Å²) in [5.41, 5.74) is 1.88. The van der Waals surface area contributed by atoms with Crippen LogP contribution in [0.25, 0.3) is 0 Å². The van der Waals surface area contributed by atoms with Crippen LogP contribution in [0.5, 0.6) is 0 Å². The zero-order chi connectivity index (χ0) is 12.8. The normalized spacial score (nSPS) is 11.3. The molecule has 0 saturated carbocycles. The Labute approximate surface area is 111 Å². The van der Waals surface area contributed by atoms with Crippen LogP contribution in [-0.4, -0.2) is 17.1 Å². The largest absolute Gasteiger partial charge is 0.282 e. The molecule has 0 saturated heterocycles. The lowest BCUT2D eigenvalue weighted by Crippen LogP contribution is -2.01. The van der Waals surface area contributed by atoms with Crippen molar-refractivity contribution in [2.45, 2.75) is 0 Å². The lowest BCUT2D eigenvalue weighted by molar-refractivity contribution is 1.42. The number of hydrogen-bond acceptors (Lipinski definition) is 2. The van der Waals surface area contributed by atoms with Crippen molar-refractivity contribution in [1.29, 1.82) is 5.41 Å². The van der Waals surface area contributed by atoms with Crippen LogP contribution in [0.4, 0.5) is 0 Å². The molecule has 2 aromatic carbocycles. The minimum absolute atomic E-state index is 0.295. The average molecular weight is 254 g/mol. The maximum Gasteiger partial charge on any atom is 0.153 e. The zero-order valence-corrected chi connectivity index (χ0v) is 10.9. The van der Waals surface area contributed by atoms with Gasteiger partial charge < -0.3 is 0 Å². The van der Waals surface area contributed by atoms with Crippen LogP contribution in [0.15, 0.2) is 65.7 Å².